The number of carbonyl (C=O) groups is 2. The van der Waals surface area contributed by atoms with E-state index < -0.39 is 0 Å². The quantitative estimate of drug-likeness (QED) is 0.618. The van der Waals surface area contributed by atoms with Crippen LogP contribution in [0.4, 0.5) is 0 Å². The van der Waals surface area contributed by atoms with Gasteiger partial charge < -0.3 is 20.3 Å². The summed E-state index contributed by atoms with van der Waals surface area (Å²) < 4.78 is 5.27. The van der Waals surface area contributed by atoms with Crippen LogP contribution in [-0.2, 0) is 9.53 Å². The summed E-state index contributed by atoms with van der Waals surface area (Å²) in [4.78, 5) is 26.3. The Balaban J connectivity index is 1.54. The minimum Gasteiger partial charge on any atom is -0.378 e. The van der Waals surface area contributed by atoms with E-state index in [-0.39, 0.29) is 29.5 Å². The Hall–Kier alpha value is -2.00. The molecule has 0 bridgehead atoms. The number of hydrogen-bond acceptors (Lipinski definition) is 6. The maximum Gasteiger partial charge on any atom is 0.273 e. The molecule has 0 aromatic carbocycles. The van der Waals surface area contributed by atoms with E-state index in [2.05, 4.69) is 26.0 Å². The van der Waals surface area contributed by atoms with Crippen molar-refractivity contribution < 1.29 is 14.3 Å². The number of H-pyrrole nitrogens is 1. The highest BCUT2D eigenvalue weighted by Gasteiger charge is 2.31. The molecule has 2 saturated heterocycles. The van der Waals surface area contributed by atoms with Crippen molar-refractivity contribution in [1.82, 2.24) is 30.9 Å². The lowest BCUT2D eigenvalue weighted by Crippen LogP contribution is -2.54. The number of carbonyl (C=O) groups excluding carboxylic acids is 2. The molecule has 9 nitrogen and oxygen atoms in total. The summed E-state index contributed by atoms with van der Waals surface area (Å²) in [5, 5.41) is 15.9. The second-order valence-electron chi connectivity index (χ2n) is 5.55. The molecule has 120 valence electrons. The van der Waals surface area contributed by atoms with Crippen LogP contribution in [0.3, 0.4) is 0 Å². The van der Waals surface area contributed by atoms with Crippen LogP contribution in [-0.4, -0.2) is 77.6 Å². The van der Waals surface area contributed by atoms with E-state index in [9.17, 15) is 9.59 Å². The van der Waals surface area contributed by atoms with Gasteiger partial charge in [-0.05, 0) is 6.42 Å². The number of hydrogen-bond donors (Lipinski definition) is 3. The standard InChI is InChI=1S/C13H20N6O3/c20-12(11-8-15-18-17-11)16-10-5-9(6-14-7-10)13(21)19-1-3-22-4-2-19/h8-10,14H,1-7H2,(H,16,20)(H,15,17,18)/t9-,10+/m1/s1. The van der Waals surface area contributed by atoms with Gasteiger partial charge in [-0.1, -0.05) is 0 Å². The van der Waals surface area contributed by atoms with Crippen LogP contribution < -0.4 is 10.6 Å². The number of amides is 2. The van der Waals surface area contributed by atoms with Gasteiger partial charge in [-0.25, -0.2) is 0 Å². The van der Waals surface area contributed by atoms with Crippen molar-refractivity contribution in [2.75, 3.05) is 39.4 Å². The average Bonchev–Trinajstić information content (AvgIpc) is 3.10. The van der Waals surface area contributed by atoms with Crippen molar-refractivity contribution in [2.45, 2.75) is 12.5 Å². The fourth-order valence-electron chi connectivity index (χ4n) is 2.85. The smallest absolute Gasteiger partial charge is 0.273 e. The zero-order valence-electron chi connectivity index (χ0n) is 12.2. The first kappa shape index (κ1) is 14.9. The molecule has 0 saturated carbocycles. The molecule has 1 aromatic heterocycles. The third-order valence-corrected chi connectivity index (χ3v) is 4.01. The molecule has 2 aliphatic rings. The Labute approximate surface area is 127 Å². The molecular weight excluding hydrogens is 288 g/mol. The van der Waals surface area contributed by atoms with Crippen LogP contribution in [0, 0.1) is 5.92 Å². The molecule has 3 rings (SSSR count). The van der Waals surface area contributed by atoms with Gasteiger partial charge in [-0.15, -0.1) is 0 Å². The number of aromatic amines is 1. The number of nitrogens with one attached hydrogen (secondary N) is 3. The van der Waals surface area contributed by atoms with Crippen LogP contribution in [0.1, 0.15) is 16.9 Å². The second kappa shape index (κ2) is 6.84. The van der Waals surface area contributed by atoms with Gasteiger partial charge in [0, 0.05) is 32.2 Å². The first-order chi connectivity index (χ1) is 10.7. The first-order valence-corrected chi connectivity index (χ1v) is 7.48. The second-order valence-corrected chi connectivity index (χ2v) is 5.55. The van der Waals surface area contributed by atoms with Gasteiger partial charge in [-0.2, -0.15) is 15.4 Å². The van der Waals surface area contributed by atoms with Gasteiger partial charge in [0.15, 0.2) is 5.69 Å². The summed E-state index contributed by atoms with van der Waals surface area (Å²) in [5.41, 5.74) is 0.252. The summed E-state index contributed by atoms with van der Waals surface area (Å²) in [7, 11) is 0. The third kappa shape index (κ3) is 3.42. The molecule has 2 amide bonds. The van der Waals surface area contributed by atoms with Gasteiger partial charge in [-0.3, -0.25) is 9.59 Å². The van der Waals surface area contributed by atoms with E-state index in [0.717, 1.165) is 0 Å². The third-order valence-electron chi connectivity index (χ3n) is 4.01. The van der Waals surface area contributed by atoms with Gasteiger partial charge in [0.1, 0.15) is 0 Å². The van der Waals surface area contributed by atoms with Crippen LogP contribution in [0.25, 0.3) is 0 Å². The van der Waals surface area contributed by atoms with Crippen molar-refractivity contribution >= 4 is 11.8 Å². The van der Waals surface area contributed by atoms with E-state index >= 15 is 0 Å². The molecule has 3 heterocycles. The number of morpholine rings is 1. The zero-order valence-corrected chi connectivity index (χ0v) is 12.2. The van der Waals surface area contributed by atoms with Gasteiger partial charge in [0.25, 0.3) is 5.91 Å². The highest BCUT2D eigenvalue weighted by Crippen LogP contribution is 2.15. The molecule has 2 aliphatic heterocycles. The van der Waals surface area contributed by atoms with Gasteiger partial charge in [0.2, 0.25) is 5.91 Å². The average molecular weight is 308 g/mol. The minimum absolute atomic E-state index is 0.0899. The molecular formula is C13H20N6O3. The Bertz CT molecular complexity index is 514. The van der Waals surface area contributed by atoms with Crippen molar-refractivity contribution in [3.05, 3.63) is 11.9 Å². The van der Waals surface area contributed by atoms with Crippen LogP contribution in [0.15, 0.2) is 6.20 Å². The van der Waals surface area contributed by atoms with E-state index in [0.29, 0.717) is 45.8 Å². The van der Waals surface area contributed by atoms with Crippen molar-refractivity contribution in [3.8, 4) is 0 Å². The molecule has 2 fully saturated rings. The first-order valence-electron chi connectivity index (χ1n) is 7.48. The zero-order chi connectivity index (χ0) is 15.4. The Morgan fingerprint density at radius 1 is 1.32 bits per heavy atom. The normalized spacial score (nSPS) is 25.7. The summed E-state index contributed by atoms with van der Waals surface area (Å²) >= 11 is 0. The number of nitrogens with zero attached hydrogens (tertiary/aromatic N) is 3. The highest BCUT2D eigenvalue weighted by atomic mass is 16.5. The number of aromatic nitrogens is 3. The largest absolute Gasteiger partial charge is 0.378 e. The van der Waals surface area contributed by atoms with Crippen LogP contribution in [0.2, 0.25) is 0 Å². The van der Waals surface area contributed by atoms with Crippen LogP contribution in [0.5, 0.6) is 0 Å². The fraction of sp³-hybridized carbons (Fsp3) is 0.692. The van der Waals surface area contributed by atoms with E-state index in [1.54, 1.807) is 0 Å². The molecule has 0 radical (unpaired) electrons. The molecule has 0 spiro atoms. The number of ether oxygens (including phenoxy) is 1. The highest BCUT2D eigenvalue weighted by molar-refractivity contribution is 5.92. The summed E-state index contributed by atoms with van der Waals surface area (Å²) in [6.07, 6.45) is 2.01. The minimum atomic E-state index is -0.278. The van der Waals surface area contributed by atoms with Crippen molar-refractivity contribution in [1.29, 1.82) is 0 Å². The predicted octanol–water partition coefficient (Wildman–Crippen LogP) is -1.63. The van der Waals surface area contributed by atoms with E-state index in [1.165, 1.54) is 6.20 Å². The van der Waals surface area contributed by atoms with Gasteiger partial charge >= 0.3 is 0 Å². The Kier molecular flexibility index (Phi) is 4.64. The maximum absolute atomic E-state index is 12.5. The summed E-state index contributed by atoms with van der Waals surface area (Å²) in [6, 6.07) is -0.0899. The Morgan fingerprint density at radius 3 is 2.86 bits per heavy atom. The lowest BCUT2D eigenvalue weighted by atomic mass is 9.94. The topological polar surface area (TPSA) is 112 Å². The van der Waals surface area contributed by atoms with E-state index in [1.807, 2.05) is 4.90 Å². The molecule has 2 atom stereocenters. The Morgan fingerprint density at radius 2 is 2.14 bits per heavy atom. The lowest BCUT2D eigenvalue weighted by molar-refractivity contribution is -0.140. The summed E-state index contributed by atoms with van der Waals surface area (Å²) in [6.45, 7) is 3.77. The molecule has 0 aliphatic carbocycles. The van der Waals surface area contributed by atoms with Crippen molar-refractivity contribution in [2.24, 2.45) is 5.92 Å². The van der Waals surface area contributed by atoms with Gasteiger partial charge in [0.05, 0.1) is 25.3 Å². The van der Waals surface area contributed by atoms with E-state index in [4.69, 9.17) is 4.74 Å². The lowest BCUT2D eigenvalue weighted by Gasteiger charge is -2.34. The fourth-order valence-corrected chi connectivity index (χ4v) is 2.85. The predicted molar refractivity (Wildman–Crippen MR) is 76.0 cm³/mol. The SMILES string of the molecule is O=C(N[C@@H]1CNC[C@H](C(=O)N2CCOCC2)C1)c1cn[nH]n1. The maximum atomic E-state index is 12.5. The molecule has 3 N–H and O–H groups in total. The molecule has 22 heavy (non-hydrogen) atoms. The molecule has 0 unspecified atom stereocenters. The molecule has 9 heteroatoms. The van der Waals surface area contributed by atoms with Crippen LogP contribution >= 0.6 is 0 Å². The number of piperidine rings is 1. The van der Waals surface area contributed by atoms with Crippen molar-refractivity contribution in [3.63, 3.8) is 0 Å². The summed E-state index contributed by atoms with van der Waals surface area (Å²) in [5.74, 6) is -0.259. The number of rotatable bonds is 3. The monoisotopic (exact) mass is 308 g/mol. The molecule has 1 aromatic rings.